The number of hydrogen-bond acceptors (Lipinski definition) is 5. The largest absolute Gasteiger partial charge is 0.492 e. The van der Waals surface area contributed by atoms with Gasteiger partial charge in [-0.2, -0.15) is 0 Å². The molecule has 5 nitrogen and oxygen atoms in total. The summed E-state index contributed by atoms with van der Waals surface area (Å²) in [6.07, 6.45) is 2.11. The molecular weight excluding hydrogens is 392 g/mol. The summed E-state index contributed by atoms with van der Waals surface area (Å²) in [6.45, 7) is 12.9. The Balaban J connectivity index is 1.45. The van der Waals surface area contributed by atoms with Gasteiger partial charge in [0.05, 0.1) is 50.5 Å². The standard InChI is InChI=1S/C26H34O5/c1-5-25(13-27-14-25)17-29-21-9-7-11-23(19(21)3)31-24-12-8-10-22(20(24)4)30-18-26(6-2)15-28-16-26/h7-12H,5-6,13-18H2,1-4H3. The summed E-state index contributed by atoms with van der Waals surface area (Å²) in [6, 6.07) is 11.9. The maximum atomic E-state index is 6.31. The molecule has 2 aliphatic heterocycles. The van der Waals surface area contributed by atoms with Crippen LogP contribution in [0.25, 0.3) is 0 Å². The Labute approximate surface area is 185 Å². The number of hydrogen-bond donors (Lipinski definition) is 0. The Bertz CT molecular complexity index is 814. The Morgan fingerprint density at radius 1 is 0.677 bits per heavy atom. The predicted octanol–water partition coefficient (Wildman–Crippen LogP) is 5.71. The van der Waals surface area contributed by atoms with Crippen LogP contribution in [0.4, 0.5) is 0 Å². The van der Waals surface area contributed by atoms with Gasteiger partial charge in [-0.3, -0.25) is 0 Å². The first-order valence-corrected chi connectivity index (χ1v) is 11.3. The highest BCUT2D eigenvalue weighted by Gasteiger charge is 2.38. The smallest absolute Gasteiger partial charge is 0.134 e. The summed E-state index contributed by atoms with van der Waals surface area (Å²) in [4.78, 5) is 0. The minimum atomic E-state index is 0.146. The zero-order valence-corrected chi connectivity index (χ0v) is 19.2. The topological polar surface area (TPSA) is 46.2 Å². The van der Waals surface area contributed by atoms with Crippen molar-refractivity contribution in [3.05, 3.63) is 47.5 Å². The molecule has 2 aromatic carbocycles. The summed E-state index contributed by atoms with van der Waals surface area (Å²) in [7, 11) is 0. The van der Waals surface area contributed by atoms with Crippen LogP contribution in [0.3, 0.4) is 0 Å². The van der Waals surface area contributed by atoms with Crippen molar-refractivity contribution in [3.8, 4) is 23.0 Å². The summed E-state index contributed by atoms with van der Waals surface area (Å²) < 4.78 is 29.5. The molecule has 2 heterocycles. The van der Waals surface area contributed by atoms with Crippen LogP contribution in [0.2, 0.25) is 0 Å². The minimum Gasteiger partial charge on any atom is -0.492 e. The summed E-state index contributed by atoms with van der Waals surface area (Å²) in [5.74, 6) is 3.31. The molecule has 0 spiro atoms. The van der Waals surface area contributed by atoms with E-state index in [2.05, 4.69) is 13.8 Å². The van der Waals surface area contributed by atoms with Gasteiger partial charge in [0.1, 0.15) is 23.0 Å². The Hall–Kier alpha value is -2.24. The number of ether oxygens (including phenoxy) is 5. The fourth-order valence-electron chi connectivity index (χ4n) is 3.86. The monoisotopic (exact) mass is 426 g/mol. The van der Waals surface area contributed by atoms with E-state index in [-0.39, 0.29) is 10.8 Å². The van der Waals surface area contributed by atoms with Crippen LogP contribution in [0.1, 0.15) is 37.8 Å². The van der Waals surface area contributed by atoms with Crippen molar-refractivity contribution in [2.75, 3.05) is 39.6 Å². The molecule has 5 heteroatoms. The van der Waals surface area contributed by atoms with Gasteiger partial charge in [-0.1, -0.05) is 26.0 Å². The second kappa shape index (κ2) is 9.09. The summed E-state index contributed by atoms with van der Waals surface area (Å²) >= 11 is 0. The zero-order chi connectivity index (χ0) is 21.9. The molecule has 0 radical (unpaired) electrons. The maximum absolute atomic E-state index is 6.31. The number of rotatable bonds is 10. The van der Waals surface area contributed by atoms with Crippen molar-refractivity contribution in [2.45, 2.75) is 40.5 Å². The molecule has 0 amide bonds. The van der Waals surface area contributed by atoms with Crippen LogP contribution in [-0.4, -0.2) is 39.6 Å². The molecule has 0 bridgehead atoms. The molecule has 31 heavy (non-hydrogen) atoms. The lowest BCUT2D eigenvalue weighted by molar-refractivity contribution is -0.133. The van der Waals surface area contributed by atoms with E-state index < -0.39 is 0 Å². The van der Waals surface area contributed by atoms with Gasteiger partial charge in [-0.15, -0.1) is 0 Å². The van der Waals surface area contributed by atoms with Crippen LogP contribution in [0.5, 0.6) is 23.0 Å². The molecule has 2 aromatic rings. The van der Waals surface area contributed by atoms with E-state index in [1.54, 1.807) is 0 Å². The van der Waals surface area contributed by atoms with Crippen LogP contribution >= 0.6 is 0 Å². The second-order valence-corrected chi connectivity index (χ2v) is 9.13. The van der Waals surface area contributed by atoms with Crippen molar-refractivity contribution in [2.24, 2.45) is 10.8 Å². The van der Waals surface area contributed by atoms with Crippen molar-refractivity contribution >= 4 is 0 Å². The van der Waals surface area contributed by atoms with E-state index in [0.29, 0.717) is 13.2 Å². The summed E-state index contributed by atoms with van der Waals surface area (Å²) in [5.41, 5.74) is 2.28. The van der Waals surface area contributed by atoms with Gasteiger partial charge in [-0.25, -0.2) is 0 Å². The Morgan fingerprint density at radius 2 is 1.06 bits per heavy atom. The number of benzene rings is 2. The molecule has 0 atom stereocenters. The van der Waals surface area contributed by atoms with Crippen LogP contribution in [0.15, 0.2) is 36.4 Å². The van der Waals surface area contributed by atoms with Crippen molar-refractivity contribution in [1.82, 2.24) is 0 Å². The van der Waals surface area contributed by atoms with Gasteiger partial charge in [0.25, 0.3) is 0 Å². The summed E-state index contributed by atoms with van der Waals surface area (Å²) in [5, 5.41) is 0. The highest BCUT2D eigenvalue weighted by molar-refractivity contribution is 5.49. The van der Waals surface area contributed by atoms with Gasteiger partial charge in [0.15, 0.2) is 0 Å². The van der Waals surface area contributed by atoms with Crippen LogP contribution in [-0.2, 0) is 9.47 Å². The van der Waals surface area contributed by atoms with Crippen molar-refractivity contribution in [3.63, 3.8) is 0 Å². The van der Waals surface area contributed by atoms with E-state index in [1.807, 2.05) is 50.2 Å². The highest BCUT2D eigenvalue weighted by Crippen LogP contribution is 2.38. The molecular formula is C26H34O5. The van der Waals surface area contributed by atoms with E-state index in [4.69, 9.17) is 23.7 Å². The van der Waals surface area contributed by atoms with E-state index >= 15 is 0 Å². The quantitative estimate of drug-likeness (QED) is 0.487. The average molecular weight is 427 g/mol. The molecule has 2 saturated heterocycles. The van der Waals surface area contributed by atoms with E-state index in [0.717, 1.165) is 73.4 Å². The first kappa shape index (κ1) is 22.0. The molecule has 4 rings (SSSR count). The van der Waals surface area contributed by atoms with Crippen molar-refractivity contribution in [1.29, 1.82) is 0 Å². The average Bonchev–Trinajstić information content (AvgIpc) is 2.72. The Morgan fingerprint density at radius 3 is 1.39 bits per heavy atom. The third-order valence-corrected chi connectivity index (χ3v) is 6.89. The first-order valence-electron chi connectivity index (χ1n) is 11.3. The minimum absolute atomic E-state index is 0.146. The van der Waals surface area contributed by atoms with Crippen LogP contribution < -0.4 is 14.2 Å². The van der Waals surface area contributed by atoms with E-state index in [9.17, 15) is 0 Å². The molecule has 0 aromatic heterocycles. The lowest BCUT2D eigenvalue weighted by atomic mass is 9.84. The van der Waals surface area contributed by atoms with E-state index in [1.165, 1.54) is 0 Å². The fourth-order valence-corrected chi connectivity index (χ4v) is 3.86. The van der Waals surface area contributed by atoms with Gasteiger partial charge >= 0.3 is 0 Å². The normalized spacial score (nSPS) is 18.6. The van der Waals surface area contributed by atoms with Gasteiger partial charge in [0, 0.05) is 11.1 Å². The molecule has 0 unspecified atom stereocenters. The highest BCUT2D eigenvalue weighted by atomic mass is 16.5. The lowest BCUT2D eigenvalue weighted by Gasteiger charge is -2.40. The third kappa shape index (κ3) is 4.53. The van der Waals surface area contributed by atoms with Gasteiger partial charge in [-0.05, 0) is 51.0 Å². The second-order valence-electron chi connectivity index (χ2n) is 9.13. The molecule has 0 N–H and O–H groups in total. The molecule has 168 valence electrons. The zero-order valence-electron chi connectivity index (χ0n) is 19.2. The van der Waals surface area contributed by atoms with Gasteiger partial charge < -0.3 is 23.7 Å². The first-order chi connectivity index (χ1) is 15.0. The van der Waals surface area contributed by atoms with Gasteiger partial charge in [0.2, 0.25) is 0 Å². The molecule has 2 aliphatic rings. The predicted molar refractivity (Wildman–Crippen MR) is 121 cm³/mol. The lowest BCUT2D eigenvalue weighted by Crippen LogP contribution is -2.46. The molecule has 2 fully saturated rings. The molecule has 0 saturated carbocycles. The third-order valence-electron chi connectivity index (χ3n) is 6.89. The van der Waals surface area contributed by atoms with Crippen LogP contribution in [0, 0.1) is 24.7 Å². The molecule has 0 aliphatic carbocycles. The SMILES string of the molecule is CCC1(COc2cccc(Oc3cccc(OCC4(CC)COC4)c3C)c2C)COC1. The fraction of sp³-hybridized carbons (Fsp3) is 0.538. The van der Waals surface area contributed by atoms with Crippen molar-refractivity contribution < 1.29 is 23.7 Å². The Kier molecular flexibility index (Phi) is 6.44. The maximum Gasteiger partial charge on any atom is 0.134 e.